The van der Waals surface area contributed by atoms with E-state index in [2.05, 4.69) is 4.90 Å². The second kappa shape index (κ2) is 7.22. The summed E-state index contributed by atoms with van der Waals surface area (Å²) in [5.74, 6) is 0.777. The number of methoxy groups -OCH3 is 1. The Morgan fingerprint density at radius 2 is 1.81 bits per heavy atom. The van der Waals surface area contributed by atoms with Crippen LogP contribution in [-0.2, 0) is 11.2 Å². The number of phenolic OH excluding ortho intramolecular Hbond substituents is 1. The molecule has 2 fully saturated rings. The highest BCUT2D eigenvalue weighted by molar-refractivity contribution is 5.80. The lowest BCUT2D eigenvalue weighted by Gasteiger charge is -2.39. The number of benzene rings is 2. The number of fused-ring (bicyclic) bond motifs is 2. The zero-order valence-corrected chi connectivity index (χ0v) is 15.4. The zero-order valence-electron chi connectivity index (χ0n) is 15.4. The molecular formula is C22H24FNO3. The fraction of sp³-hybridized carbons (Fsp3) is 0.409. The van der Waals surface area contributed by atoms with E-state index in [1.165, 1.54) is 24.8 Å². The van der Waals surface area contributed by atoms with Crippen molar-refractivity contribution in [3.05, 3.63) is 59.4 Å². The molecule has 0 spiro atoms. The Kier molecular flexibility index (Phi) is 4.77. The normalized spacial score (nSPS) is 24.1. The molecule has 0 saturated carbocycles. The lowest BCUT2D eigenvalue weighted by atomic mass is 9.85. The molecule has 142 valence electrons. The first-order valence-electron chi connectivity index (χ1n) is 9.47. The summed E-state index contributed by atoms with van der Waals surface area (Å²) in [4.78, 5) is 15.0. The van der Waals surface area contributed by atoms with Gasteiger partial charge in [-0.15, -0.1) is 0 Å². The van der Waals surface area contributed by atoms with Gasteiger partial charge in [-0.05, 0) is 67.0 Å². The van der Waals surface area contributed by atoms with E-state index in [0.29, 0.717) is 18.1 Å². The number of piperidine rings is 1. The molecule has 2 aliphatic heterocycles. The number of ether oxygens (including phenoxy) is 1. The fourth-order valence-corrected chi connectivity index (χ4v) is 4.69. The van der Waals surface area contributed by atoms with Crippen molar-refractivity contribution in [1.29, 1.82) is 0 Å². The van der Waals surface area contributed by atoms with Crippen molar-refractivity contribution in [3.63, 3.8) is 0 Å². The first-order valence-corrected chi connectivity index (χ1v) is 9.47. The van der Waals surface area contributed by atoms with Crippen LogP contribution in [-0.4, -0.2) is 35.1 Å². The van der Waals surface area contributed by atoms with Crippen LogP contribution in [0.25, 0.3) is 0 Å². The predicted octanol–water partition coefficient (Wildman–Crippen LogP) is 4.02. The summed E-state index contributed by atoms with van der Waals surface area (Å²) in [6.07, 6.45) is 4.25. The Morgan fingerprint density at radius 3 is 2.44 bits per heavy atom. The van der Waals surface area contributed by atoms with Crippen molar-refractivity contribution in [2.75, 3.05) is 7.11 Å². The summed E-state index contributed by atoms with van der Waals surface area (Å²) >= 11 is 0. The molecule has 0 unspecified atom stereocenters. The van der Waals surface area contributed by atoms with Gasteiger partial charge in [0.25, 0.3) is 0 Å². The van der Waals surface area contributed by atoms with Crippen LogP contribution in [0, 0.1) is 5.82 Å². The van der Waals surface area contributed by atoms with Crippen LogP contribution in [0.3, 0.4) is 0 Å². The Bertz CT molecular complexity index is 822. The number of hydrogen-bond donors (Lipinski definition) is 1. The van der Waals surface area contributed by atoms with E-state index < -0.39 is 0 Å². The van der Waals surface area contributed by atoms with Gasteiger partial charge in [-0.2, -0.15) is 0 Å². The summed E-state index contributed by atoms with van der Waals surface area (Å²) in [5, 5.41) is 9.72. The molecule has 1 N–H and O–H groups in total. The van der Waals surface area contributed by atoms with E-state index >= 15 is 0 Å². The van der Waals surface area contributed by atoms with Gasteiger partial charge in [-0.1, -0.05) is 18.2 Å². The highest BCUT2D eigenvalue weighted by atomic mass is 19.1. The first kappa shape index (κ1) is 17.8. The molecule has 0 aliphatic carbocycles. The fourth-order valence-electron chi connectivity index (χ4n) is 4.69. The number of carbonyl (C=O) groups excluding carboxylic acids is 1. The maximum atomic E-state index is 13.2. The summed E-state index contributed by atoms with van der Waals surface area (Å²) in [5.41, 5.74) is 2.01. The van der Waals surface area contributed by atoms with Crippen molar-refractivity contribution in [3.8, 4) is 11.5 Å². The molecule has 2 aliphatic rings. The van der Waals surface area contributed by atoms with Gasteiger partial charge in [0, 0.05) is 12.1 Å². The summed E-state index contributed by atoms with van der Waals surface area (Å²) in [6, 6.07) is 12.4. The van der Waals surface area contributed by atoms with Crippen LogP contribution >= 0.6 is 0 Å². The van der Waals surface area contributed by atoms with Gasteiger partial charge >= 0.3 is 0 Å². The second-order valence-corrected chi connectivity index (χ2v) is 7.59. The molecule has 2 heterocycles. The minimum absolute atomic E-state index is 0.0777. The van der Waals surface area contributed by atoms with Crippen LogP contribution in [0.1, 0.15) is 42.7 Å². The molecule has 2 aromatic rings. The molecule has 4 nitrogen and oxygen atoms in total. The van der Waals surface area contributed by atoms with Gasteiger partial charge in [0.05, 0.1) is 13.5 Å². The van der Waals surface area contributed by atoms with Gasteiger partial charge in [0.2, 0.25) is 5.91 Å². The van der Waals surface area contributed by atoms with Crippen LogP contribution in [0.2, 0.25) is 0 Å². The largest absolute Gasteiger partial charge is 0.504 e. The first-order chi connectivity index (χ1) is 13.0. The van der Waals surface area contributed by atoms with Crippen LogP contribution in [0.5, 0.6) is 11.5 Å². The van der Waals surface area contributed by atoms with E-state index in [4.69, 9.17) is 4.74 Å². The zero-order chi connectivity index (χ0) is 19.0. The van der Waals surface area contributed by atoms with Crippen molar-refractivity contribution in [2.45, 2.75) is 50.1 Å². The Balaban J connectivity index is 1.46. The topological polar surface area (TPSA) is 49.8 Å². The third kappa shape index (κ3) is 3.51. The lowest BCUT2D eigenvalue weighted by molar-refractivity contribution is -0.135. The van der Waals surface area contributed by atoms with E-state index in [1.54, 1.807) is 18.2 Å². The number of rotatable bonds is 4. The molecule has 1 amide bonds. The van der Waals surface area contributed by atoms with Crippen LogP contribution in [0.15, 0.2) is 42.5 Å². The Hall–Kier alpha value is -2.56. The average molecular weight is 369 g/mol. The Morgan fingerprint density at radius 1 is 1.15 bits per heavy atom. The van der Waals surface area contributed by atoms with Crippen molar-refractivity contribution in [1.82, 2.24) is 4.90 Å². The molecule has 5 heteroatoms. The van der Waals surface area contributed by atoms with Crippen molar-refractivity contribution >= 4 is 5.91 Å². The maximum absolute atomic E-state index is 13.2. The van der Waals surface area contributed by atoms with Gasteiger partial charge in [-0.3, -0.25) is 4.79 Å². The SMILES string of the molecule is COc1cc(CC(=O)N2[C@@H]3CC[C@@H]2CC(c2ccc(F)cc2)C3)ccc1O. The van der Waals surface area contributed by atoms with Crippen LogP contribution in [0.4, 0.5) is 4.39 Å². The van der Waals surface area contributed by atoms with Crippen molar-refractivity contribution < 1.29 is 19.0 Å². The number of nitrogens with zero attached hydrogens (tertiary/aromatic N) is 1. The molecule has 27 heavy (non-hydrogen) atoms. The van der Waals surface area contributed by atoms with Crippen LogP contribution < -0.4 is 4.74 Å². The molecule has 2 aromatic carbocycles. The van der Waals surface area contributed by atoms with Crippen molar-refractivity contribution in [2.24, 2.45) is 0 Å². The van der Waals surface area contributed by atoms with E-state index in [-0.39, 0.29) is 29.6 Å². The summed E-state index contributed by atoms with van der Waals surface area (Å²) < 4.78 is 18.3. The number of phenols is 1. The highest BCUT2D eigenvalue weighted by Gasteiger charge is 2.43. The standard InChI is InChI=1S/C22H24FNO3/c1-27-21-10-14(2-9-20(21)25)11-22(26)24-18-7-8-19(24)13-16(12-18)15-3-5-17(23)6-4-15/h2-6,9-10,16,18-19,25H,7-8,11-13H2,1H3/t18-,19-/m1/s1. The highest BCUT2D eigenvalue weighted by Crippen LogP contribution is 2.43. The molecule has 0 aromatic heterocycles. The molecule has 0 radical (unpaired) electrons. The van der Waals surface area contributed by atoms with Gasteiger partial charge < -0.3 is 14.7 Å². The third-order valence-electron chi connectivity index (χ3n) is 5.96. The van der Waals surface area contributed by atoms with E-state index in [9.17, 15) is 14.3 Å². The average Bonchev–Trinajstić information content (AvgIpc) is 2.94. The third-order valence-corrected chi connectivity index (χ3v) is 5.96. The Labute approximate surface area is 158 Å². The van der Waals surface area contributed by atoms with Gasteiger partial charge in [-0.25, -0.2) is 4.39 Å². The lowest BCUT2D eigenvalue weighted by Crippen LogP contribution is -2.46. The van der Waals surface area contributed by atoms with E-state index in [1.807, 2.05) is 12.1 Å². The monoisotopic (exact) mass is 369 g/mol. The minimum Gasteiger partial charge on any atom is -0.504 e. The molecule has 2 atom stereocenters. The minimum atomic E-state index is -0.210. The number of halogens is 1. The number of aromatic hydroxyl groups is 1. The quantitative estimate of drug-likeness (QED) is 0.886. The summed E-state index contributed by atoms with van der Waals surface area (Å²) in [7, 11) is 1.50. The number of amides is 1. The molecule has 4 rings (SSSR count). The summed E-state index contributed by atoms with van der Waals surface area (Å²) in [6.45, 7) is 0. The molecule has 2 bridgehead atoms. The second-order valence-electron chi connectivity index (χ2n) is 7.59. The van der Waals surface area contributed by atoms with Gasteiger partial charge in [0.15, 0.2) is 11.5 Å². The maximum Gasteiger partial charge on any atom is 0.227 e. The molecule has 2 saturated heterocycles. The molecular weight excluding hydrogens is 345 g/mol. The number of hydrogen-bond acceptors (Lipinski definition) is 3. The predicted molar refractivity (Wildman–Crippen MR) is 100 cm³/mol. The van der Waals surface area contributed by atoms with E-state index in [0.717, 1.165) is 31.2 Å². The van der Waals surface area contributed by atoms with Gasteiger partial charge in [0.1, 0.15) is 5.82 Å². The number of carbonyl (C=O) groups is 1. The smallest absolute Gasteiger partial charge is 0.227 e.